The first-order valence-corrected chi connectivity index (χ1v) is 9.45. The minimum atomic E-state index is -0.945. The molecule has 0 radical (unpaired) electrons. The van der Waals surface area contributed by atoms with Crippen LogP contribution in [0.3, 0.4) is 0 Å². The van der Waals surface area contributed by atoms with E-state index in [1.807, 2.05) is 55.5 Å². The van der Waals surface area contributed by atoms with Gasteiger partial charge in [-0.3, -0.25) is 4.98 Å². The van der Waals surface area contributed by atoms with E-state index in [0.29, 0.717) is 24.6 Å². The molecule has 2 aromatic carbocycles. The lowest BCUT2D eigenvalue weighted by atomic mass is 10.0. The van der Waals surface area contributed by atoms with Crippen LogP contribution in [0.5, 0.6) is 5.75 Å². The van der Waals surface area contributed by atoms with Crippen LogP contribution in [0.1, 0.15) is 41.0 Å². The topological polar surface area (TPSA) is 59.4 Å². The first-order valence-electron chi connectivity index (χ1n) is 9.45. The number of hydrogen-bond acceptors (Lipinski definition) is 3. The van der Waals surface area contributed by atoms with Crippen LogP contribution in [0, 0.1) is 12.8 Å². The molecule has 1 heterocycles. The third kappa shape index (κ3) is 4.77. The van der Waals surface area contributed by atoms with Crippen molar-refractivity contribution in [3.8, 4) is 17.0 Å². The average molecular weight is 375 g/mol. The van der Waals surface area contributed by atoms with Crippen molar-refractivity contribution in [1.29, 1.82) is 0 Å². The maximum absolute atomic E-state index is 11.6. The summed E-state index contributed by atoms with van der Waals surface area (Å²) in [6.45, 7) is 6.59. The third-order valence-electron chi connectivity index (χ3n) is 4.45. The normalized spacial score (nSPS) is 10.9. The van der Waals surface area contributed by atoms with Crippen LogP contribution in [-0.4, -0.2) is 16.1 Å². The molecule has 4 nitrogen and oxygen atoms in total. The van der Waals surface area contributed by atoms with Gasteiger partial charge < -0.3 is 9.84 Å². The molecule has 0 aliphatic carbocycles. The fourth-order valence-corrected chi connectivity index (χ4v) is 3.09. The minimum Gasteiger partial charge on any atom is -0.488 e. The SMILES string of the molecule is Cc1ccc(OCc2ccccc2)c(-c2ccc(C(=O)O)c(CC(C)C)n2)c1. The van der Waals surface area contributed by atoms with Crippen molar-refractivity contribution >= 4 is 5.97 Å². The predicted molar refractivity (Wildman–Crippen MR) is 111 cm³/mol. The van der Waals surface area contributed by atoms with Crippen molar-refractivity contribution in [2.75, 3.05) is 0 Å². The van der Waals surface area contributed by atoms with E-state index in [2.05, 4.69) is 13.8 Å². The molecule has 28 heavy (non-hydrogen) atoms. The molecule has 1 aromatic heterocycles. The molecule has 0 aliphatic rings. The number of carbonyl (C=O) groups is 1. The Morgan fingerprint density at radius 2 is 1.82 bits per heavy atom. The second kappa shape index (κ2) is 8.70. The van der Waals surface area contributed by atoms with E-state index < -0.39 is 5.97 Å². The zero-order valence-corrected chi connectivity index (χ0v) is 16.5. The number of ether oxygens (including phenoxy) is 1. The van der Waals surface area contributed by atoms with E-state index in [0.717, 1.165) is 28.1 Å². The van der Waals surface area contributed by atoms with E-state index in [9.17, 15) is 9.90 Å². The highest BCUT2D eigenvalue weighted by molar-refractivity contribution is 5.89. The number of benzene rings is 2. The fraction of sp³-hybridized carbons (Fsp3) is 0.250. The summed E-state index contributed by atoms with van der Waals surface area (Å²) in [5, 5.41) is 9.48. The van der Waals surface area contributed by atoms with Crippen LogP contribution < -0.4 is 4.74 Å². The van der Waals surface area contributed by atoms with Crippen LogP contribution in [0.2, 0.25) is 0 Å². The molecule has 1 N–H and O–H groups in total. The first kappa shape index (κ1) is 19.6. The van der Waals surface area contributed by atoms with Crippen molar-refractivity contribution in [1.82, 2.24) is 4.98 Å². The second-order valence-electron chi connectivity index (χ2n) is 7.37. The molecule has 0 aliphatic heterocycles. The number of rotatable bonds is 7. The summed E-state index contributed by atoms with van der Waals surface area (Å²) in [5.74, 6) is 0.104. The predicted octanol–water partition coefficient (Wildman–Crippen LogP) is 5.53. The monoisotopic (exact) mass is 375 g/mol. The van der Waals surface area contributed by atoms with Gasteiger partial charge in [-0.2, -0.15) is 0 Å². The van der Waals surface area contributed by atoms with Crippen molar-refractivity contribution < 1.29 is 14.6 Å². The highest BCUT2D eigenvalue weighted by Gasteiger charge is 2.16. The van der Waals surface area contributed by atoms with Gasteiger partial charge in [0.2, 0.25) is 0 Å². The Labute approximate surface area is 165 Å². The molecule has 0 spiro atoms. The number of nitrogens with zero attached hydrogens (tertiary/aromatic N) is 1. The molecule has 3 rings (SSSR count). The molecule has 0 unspecified atom stereocenters. The zero-order chi connectivity index (χ0) is 20.1. The number of carboxylic acid groups (broad SMARTS) is 1. The summed E-state index contributed by atoms with van der Waals surface area (Å²) >= 11 is 0. The molecular formula is C24H25NO3. The van der Waals surface area contributed by atoms with Gasteiger partial charge in [0.05, 0.1) is 17.0 Å². The van der Waals surface area contributed by atoms with Crippen molar-refractivity contribution in [2.45, 2.75) is 33.8 Å². The maximum atomic E-state index is 11.6. The average Bonchev–Trinajstić information content (AvgIpc) is 2.67. The molecule has 144 valence electrons. The number of aromatic carboxylic acids is 1. The van der Waals surface area contributed by atoms with Crippen molar-refractivity contribution in [3.63, 3.8) is 0 Å². The fourth-order valence-electron chi connectivity index (χ4n) is 3.09. The molecule has 0 bridgehead atoms. The number of carboxylic acids is 1. The van der Waals surface area contributed by atoms with Crippen LogP contribution in [0.25, 0.3) is 11.3 Å². The van der Waals surface area contributed by atoms with E-state index >= 15 is 0 Å². The van der Waals surface area contributed by atoms with Crippen LogP contribution in [0.4, 0.5) is 0 Å². The largest absolute Gasteiger partial charge is 0.488 e. The molecule has 0 amide bonds. The van der Waals surface area contributed by atoms with Crippen molar-refractivity contribution in [3.05, 3.63) is 83.0 Å². The summed E-state index contributed by atoms with van der Waals surface area (Å²) in [5.41, 5.74) is 4.65. The summed E-state index contributed by atoms with van der Waals surface area (Å²) in [6.07, 6.45) is 0.613. The molecule has 4 heteroatoms. The van der Waals surface area contributed by atoms with Crippen LogP contribution in [0.15, 0.2) is 60.7 Å². The summed E-state index contributed by atoms with van der Waals surface area (Å²) in [7, 11) is 0. The Morgan fingerprint density at radius 3 is 2.50 bits per heavy atom. The van der Waals surface area contributed by atoms with Gasteiger partial charge in [0.15, 0.2) is 0 Å². The van der Waals surface area contributed by atoms with E-state index in [1.54, 1.807) is 12.1 Å². The minimum absolute atomic E-state index is 0.261. The van der Waals surface area contributed by atoms with Gasteiger partial charge in [-0.1, -0.05) is 55.8 Å². The smallest absolute Gasteiger partial charge is 0.337 e. The zero-order valence-electron chi connectivity index (χ0n) is 16.5. The second-order valence-corrected chi connectivity index (χ2v) is 7.37. The lowest BCUT2D eigenvalue weighted by molar-refractivity contribution is 0.0695. The summed E-state index contributed by atoms with van der Waals surface area (Å²) < 4.78 is 6.07. The molecule has 0 saturated heterocycles. The van der Waals surface area contributed by atoms with Gasteiger partial charge in [0, 0.05) is 5.56 Å². The maximum Gasteiger partial charge on any atom is 0.337 e. The Morgan fingerprint density at radius 1 is 1.07 bits per heavy atom. The van der Waals surface area contributed by atoms with Gasteiger partial charge in [0.1, 0.15) is 12.4 Å². The number of aromatic nitrogens is 1. The van der Waals surface area contributed by atoms with Gasteiger partial charge in [0.25, 0.3) is 0 Å². The van der Waals surface area contributed by atoms with Gasteiger partial charge in [-0.15, -0.1) is 0 Å². The van der Waals surface area contributed by atoms with E-state index in [4.69, 9.17) is 9.72 Å². The Kier molecular flexibility index (Phi) is 6.09. The lowest BCUT2D eigenvalue weighted by Gasteiger charge is -2.15. The molecule has 3 aromatic rings. The summed E-state index contributed by atoms with van der Waals surface area (Å²) in [6, 6.07) is 19.4. The molecular weight excluding hydrogens is 350 g/mol. The number of aryl methyl sites for hydroxylation is 1. The highest BCUT2D eigenvalue weighted by Crippen LogP contribution is 2.31. The van der Waals surface area contributed by atoms with Gasteiger partial charge in [-0.25, -0.2) is 4.79 Å². The van der Waals surface area contributed by atoms with Gasteiger partial charge in [-0.05, 0) is 49.1 Å². The molecule has 0 atom stereocenters. The van der Waals surface area contributed by atoms with Crippen LogP contribution in [-0.2, 0) is 13.0 Å². The number of hydrogen-bond donors (Lipinski definition) is 1. The Balaban J connectivity index is 1.98. The quantitative estimate of drug-likeness (QED) is 0.589. The van der Waals surface area contributed by atoms with Gasteiger partial charge >= 0.3 is 5.97 Å². The summed E-state index contributed by atoms with van der Waals surface area (Å²) in [4.78, 5) is 16.3. The lowest BCUT2D eigenvalue weighted by Crippen LogP contribution is -2.08. The highest BCUT2D eigenvalue weighted by atomic mass is 16.5. The van der Waals surface area contributed by atoms with E-state index in [1.165, 1.54) is 0 Å². The molecule has 0 saturated carbocycles. The standard InChI is InChI=1S/C24H25NO3/c1-16(2)13-22-19(24(26)27)10-11-21(25-22)20-14-17(3)9-12-23(20)28-15-18-7-5-4-6-8-18/h4-12,14,16H,13,15H2,1-3H3,(H,26,27). The van der Waals surface area contributed by atoms with Crippen molar-refractivity contribution in [2.24, 2.45) is 5.92 Å². The molecule has 0 fully saturated rings. The Hall–Kier alpha value is -3.14. The first-order chi connectivity index (χ1) is 13.4. The van der Waals surface area contributed by atoms with Crippen LogP contribution >= 0.6 is 0 Å². The van der Waals surface area contributed by atoms with E-state index in [-0.39, 0.29) is 5.56 Å². The Bertz CT molecular complexity index is 965. The number of pyridine rings is 1. The third-order valence-corrected chi connectivity index (χ3v) is 4.45.